The summed E-state index contributed by atoms with van der Waals surface area (Å²) in [5.41, 5.74) is 0.854. The molecule has 0 aliphatic carbocycles. The fourth-order valence-electron chi connectivity index (χ4n) is 1.53. The van der Waals surface area contributed by atoms with Gasteiger partial charge in [0.2, 0.25) is 0 Å². The smallest absolute Gasteiger partial charge is 0.356 e. The molecule has 0 saturated heterocycles. The second kappa shape index (κ2) is 4.62. The maximum absolute atomic E-state index is 11.5. The summed E-state index contributed by atoms with van der Waals surface area (Å²) in [6, 6.07) is 8.95. The minimum Gasteiger partial charge on any atom is -0.461 e. The Morgan fingerprint density at radius 1 is 1.41 bits per heavy atom. The van der Waals surface area contributed by atoms with Gasteiger partial charge in [-0.15, -0.1) is 0 Å². The molecule has 0 unspecified atom stereocenters. The van der Waals surface area contributed by atoms with E-state index in [2.05, 4.69) is 11.1 Å². The number of pyridine rings is 1. The van der Waals surface area contributed by atoms with Crippen LogP contribution in [0.5, 0.6) is 0 Å². The number of carbonyl (C=O) groups excluding carboxylic acids is 1. The van der Waals surface area contributed by atoms with Crippen molar-refractivity contribution >= 4 is 16.7 Å². The second-order valence-electron chi connectivity index (χ2n) is 3.46. The van der Waals surface area contributed by atoms with Crippen molar-refractivity contribution in [3.05, 3.63) is 41.7 Å². The van der Waals surface area contributed by atoms with Crippen molar-refractivity contribution in [3.8, 4) is 6.07 Å². The first-order chi connectivity index (χ1) is 8.24. The summed E-state index contributed by atoms with van der Waals surface area (Å²) in [4.78, 5) is 15.5. The van der Waals surface area contributed by atoms with E-state index < -0.39 is 5.97 Å². The van der Waals surface area contributed by atoms with E-state index in [0.29, 0.717) is 12.2 Å². The second-order valence-corrected chi connectivity index (χ2v) is 3.46. The number of fused-ring (bicyclic) bond motifs is 1. The van der Waals surface area contributed by atoms with Crippen LogP contribution in [0, 0.1) is 11.3 Å². The Morgan fingerprint density at radius 2 is 2.24 bits per heavy atom. The molecule has 1 aromatic carbocycles. The van der Waals surface area contributed by atoms with Crippen molar-refractivity contribution in [2.45, 2.75) is 6.92 Å². The standard InChI is InChI=1S/C13H10N2O2/c1-2-17-13(16)12-6-10-4-3-9(7-14)5-11(10)8-15-12/h3-6,8H,2H2,1H3. The highest BCUT2D eigenvalue weighted by molar-refractivity contribution is 5.93. The summed E-state index contributed by atoms with van der Waals surface area (Å²) in [7, 11) is 0. The SMILES string of the molecule is CCOC(=O)c1cc2ccc(C#N)cc2cn1. The minimum atomic E-state index is -0.432. The summed E-state index contributed by atoms with van der Waals surface area (Å²) < 4.78 is 4.87. The first kappa shape index (κ1) is 11.1. The zero-order valence-electron chi connectivity index (χ0n) is 9.30. The van der Waals surface area contributed by atoms with E-state index >= 15 is 0 Å². The van der Waals surface area contributed by atoms with E-state index in [0.717, 1.165) is 10.8 Å². The maximum Gasteiger partial charge on any atom is 0.356 e. The summed E-state index contributed by atoms with van der Waals surface area (Å²) in [6.07, 6.45) is 1.57. The van der Waals surface area contributed by atoms with Gasteiger partial charge in [0, 0.05) is 11.6 Å². The maximum atomic E-state index is 11.5. The first-order valence-electron chi connectivity index (χ1n) is 5.21. The number of esters is 1. The van der Waals surface area contributed by atoms with Crippen molar-refractivity contribution < 1.29 is 9.53 Å². The Morgan fingerprint density at radius 3 is 2.94 bits per heavy atom. The Balaban J connectivity index is 2.45. The lowest BCUT2D eigenvalue weighted by Crippen LogP contribution is -2.06. The third-order valence-corrected chi connectivity index (χ3v) is 2.34. The molecule has 0 aliphatic heterocycles. The largest absolute Gasteiger partial charge is 0.461 e. The van der Waals surface area contributed by atoms with E-state index in [-0.39, 0.29) is 5.69 Å². The summed E-state index contributed by atoms with van der Waals surface area (Å²) in [6.45, 7) is 2.07. The number of rotatable bonds is 2. The molecule has 4 nitrogen and oxygen atoms in total. The highest BCUT2D eigenvalue weighted by atomic mass is 16.5. The summed E-state index contributed by atoms with van der Waals surface area (Å²) >= 11 is 0. The molecular weight excluding hydrogens is 216 g/mol. The van der Waals surface area contributed by atoms with Gasteiger partial charge in [-0.3, -0.25) is 0 Å². The van der Waals surface area contributed by atoms with Crippen LogP contribution < -0.4 is 0 Å². The van der Waals surface area contributed by atoms with E-state index in [4.69, 9.17) is 10.00 Å². The van der Waals surface area contributed by atoms with Crippen molar-refractivity contribution in [3.63, 3.8) is 0 Å². The van der Waals surface area contributed by atoms with Gasteiger partial charge in [-0.1, -0.05) is 6.07 Å². The van der Waals surface area contributed by atoms with Crippen LogP contribution in [0.25, 0.3) is 10.8 Å². The molecule has 84 valence electrons. The van der Waals surface area contributed by atoms with Crippen molar-refractivity contribution in [1.29, 1.82) is 5.26 Å². The Bertz CT molecular complexity index is 614. The monoisotopic (exact) mass is 226 g/mol. The topological polar surface area (TPSA) is 63.0 Å². The molecule has 0 saturated carbocycles. The van der Waals surface area contributed by atoms with Gasteiger partial charge in [-0.25, -0.2) is 9.78 Å². The van der Waals surface area contributed by atoms with Gasteiger partial charge in [0.15, 0.2) is 0 Å². The number of nitrogens with zero attached hydrogens (tertiary/aromatic N) is 2. The van der Waals surface area contributed by atoms with Crippen LogP contribution in [0.3, 0.4) is 0 Å². The average molecular weight is 226 g/mol. The van der Waals surface area contributed by atoms with Crippen LogP contribution >= 0.6 is 0 Å². The molecule has 2 aromatic rings. The number of nitriles is 1. The van der Waals surface area contributed by atoms with E-state index in [1.54, 1.807) is 37.4 Å². The molecule has 2 rings (SSSR count). The fourth-order valence-corrected chi connectivity index (χ4v) is 1.53. The molecular formula is C13H10N2O2. The van der Waals surface area contributed by atoms with E-state index in [9.17, 15) is 4.79 Å². The number of hydrogen-bond donors (Lipinski definition) is 0. The normalized spacial score (nSPS) is 9.88. The molecule has 1 heterocycles. The molecule has 1 aromatic heterocycles. The van der Waals surface area contributed by atoms with Crippen molar-refractivity contribution in [1.82, 2.24) is 4.98 Å². The third kappa shape index (κ3) is 2.23. The van der Waals surface area contributed by atoms with Crippen LogP contribution in [0.2, 0.25) is 0 Å². The van der Waals surface area contributed by atoms with Gasteiger partial charge in [-0.2, -0.15) is 5.26 Å². The lowest BCUT2D eigenvalue weighted by Gasteiger charge is -2.02. The number of aromatic nitrogens is 1. The zero-order valence-corrected chi connectivity index (χ0v) is 9.30. The highest BCUT2D eigenvalue weighted by Gasteiger charge is 2.08. The predicted molar refractivity (Wildman–Crippen MR) is 62.4 cm³/mol. The minimum absolute atomic E-state index is 0.282. The first-order valence-corrected chi connectivity index (χ1v) is 5.21. The van der Waals surface area contributed by atoms with Gasteiger partial charge in [0.1, 0.15) is 5.69 Å². The molecule has 0 aliphatic rings. The highest BCUT2D eigenvalue weighted by Crippen LogP contribution is 2.16. The van der Waals surface area contributed by atoms with Crippen LogP contribution in [0.4, 0.5) is 0 Å². The lowest BCUT2D eigenvalue weighted by atomic mass is 10.1. The Kier molecular flexibility index (Phi) is 3.01. The zero-order chi connectivity index (χ0) is 12.3. The van der Waals surface area contributed by atoms with Gasteiger partial charge in [-0.05, 0) is 30.5 Å². The Labute approximate surface area is 98.5 Å². The number of carbonyl (C=O) groups is 1. The molecule has 0 N–H and O–H groups in total. The van der Waals surface area contributed by atoms with E-state index in [1.807, 2.05) is 0 Å². The quantitative estimate of drug-likeness (QED) is 0.737. The van der Waals surface area contributed by atoms with E-state index in [1.165, 1.54) is 0 Å². The van der Waals surface area contributed by atoms with Crippen LogP contribution in [0.15, 0.2) is 30.5 Å². The van der Waals surface area contributed by atoms with Crippen molar-refractivity contribution in [2.75, 3.05) is 6.61 Å². The molecule has 0 radical (unpaired) electrons. The molecule has 4 heteroatoms. The molecule has 0 bridgehead atoms. The van der Waals surface area contributed by atoms with Gasteiger partial charge in [0.05, 0.1) is 18.2 Å². The summed E-state index contributed by atoms with van der Waals surface area (Å²) in [5.74, 6) is -0.432. The third-order valence-electron chi connectivity index (χ3n) is 2.34. The summed E-state index contributed by atoms with van der Waals surface area (Å²) in [5, 5.41) is 10.5. The van der Waals surface area contributed by atoms with Gasteiger partial charge < -0.3 is 4.74 Å². The van der Waals surface area contributed by atoms with Gasteiger partial charge >= 0.3 is 5.97 Å². The number of benzene rings is 1. The van der Waals surface area contributed by atoms with Crippen LogP contribution in [-0.4, -0.2) is 17.6 Å². The molecule has 0 fully saturated rings. The van der Waals surface area contributed by atoms with Gasteiger partial charge in [0.25, 0.3) is 0 Å². The van der Waals surface area contributed by atoms with Crippen molar-refractivity contribution in [2.24, 2.45) is 0 Å². The molecule has 0 spiro atoms. The molecule has 0 amide bonds. The Hall–Kier alpha value is -2.41. The lowest BCUT2D eigenvalue weighted by molar-refractivity contribution is 0.0520. The number of hydrogen-bond acceptors (Lipinski definition) is 4. The van der Waals surface area contributed by atoms with Crippen LogP contribution in [-0.2, 0) is 4.74 Å². The molecule has 17 heavy (non-hydrogen) atoms. The fraction of sp³-hybridized carbons (Fsp3) is 0.154. The molecule has 0 atom stereocenters. The predicted octanol–water partition coefficient (Wildman–Crippen LogP) is 2.28. The number of ether oxygens (including phenoxy) is 1. The van der Waals surface area contributed by atoms with Crippen LogP contribution in [0.1, 0.15) is 23.0 Å². The average Bonchev–Trinajstić information content (AvgIpc) is 2.37.